The topological polar surface area (TPSA) is 54.1 Å². The van der Waals surface area contributed by atoms with E-state index in [0.717, 1.165) is 6.07 Å². The zero-order valence-corrected chi connectivity index (χ0v) is 10.3. The fraction of sp³-hybridized carbons (Fsp3) is 0.154. The number of carbonyl (C=O) groups excluding carboxylic acids is 1. The van der Waals surface area contributed by atoms with Gasteiger partial charge in [0.05, 0.1) is 0 Å². The number of aromatic nitrogens is 1. The van der Waals surface area contributed by atoms with Crippen molar-refractivity contribution in [1.29, 1.82) is 0 Å². The molecular weight excluding hydrogens is 273 g/mol. The highest BCUT2D eigenvalue weighted by atomic mass is 19.4. The molecule has 0 radical (unpaired) electrons. The van der Waals surface area contributed by atoms with E-state index in [0.29, 0.717) is 16.6 Å². The highest BCUT2D eigenvalue weighted by Gasteiger charge is 2.32. The van der Waals surface area contributed by atoms with Crippen molar-refractivity contribution in [2.75, 3.05) is 11.9 Å². The Kier molecular flexibility index (Phi) is 3.69. The number of aromatic amines is 1. The van der Waals surface area contributed by atoms with Gasteiger partial charge in [0, 0.05) is 16.6 Å². The molecule has 0 aliphatic heterocycles. The van der Waals surface area contributed by atoms with Gasteiger partial charge in [0.2, 0.25) is 0 Å². The summed E-state index contributed by atoms with van der Waals surface area (Å²) in [4.78, 5) is 13.6. The van der Waals surface area contributed by atoms with Gasteiger partial charge < -0.3 is 9.72 Å². The number of carbonyl (C=O) groups is 1. The van der Waals surface area contributed by atoms with Crippen LogP contribution in [0.15, 0.2) is 36.9 Å². The Balaban J connectivity index is 2.21. The Hall–Kier alpha value is -2.44. The SMILES string of the molecule is C=CCOC(=O)Nc1ccc2[nH]c(C(F)(F)F)cc2c1. The molecule has 0 saturated carbocycles. The lowest BCUT2D eigenvalue weighted by atomic mass is 10.2. The van der Waals surface area contributed by atoms with E-state index in [1.54, 1.807) is 0 Å². The number of halogens is 3. The zero-order valence-electron chi connectivity index (χ0n) is 10.3. The Morgan fingerprint density at radius 2 is 2.15 bits per heavy atom. The molecule has 0 spiro atoms. The average molecular weight is 284 g/mol. The summed E-state index contributed by atoms with van der Waals surface area (Å²) in [5.41, 5.74) is -0.152. The molecule has 0 saturated heterocycles. The van der Waals surface area contributed by atoms with Crippen molar-refractivity contribution in [3.63, 3.8) is 0 Å². The van der Waals surface area contributed by atoms with Crippen LogP contribution in [0.2, 0.25) is 0 Å². The van der Waals surface area contributed by atoms with Crippen molar-refractivity contribution in [1.82, 2.24) is 4.98 Å². The second kappa shape index (κ2) is 5.28. The van der Waals surface area contributed by atoms with E-state index >= 15 is 0 Å². The van der Waals surface area contributed by atoms with E-state index in [2.05, 4.69) is 16.9 Å². The predicted molar refractivity (Wildman–Crippen MR) is 68.5 cm³/mol. The first-order chi connectivity index (χ1) is 9.40. The first-order valence-corrected chi connectivity index (χ1v) is 5.65. The second-order valence-electron chi connectivity index (χ2n) is 3.99. The van der Waals surface area contributed by atoms with Crippen molar-refractivity contribution in [3.8, 4) is 0 Å². The minimum Gasteiger partial charge on any atom is -0.445 e. The summed E-state index contributed by atoms with van der Waals surface area (Å²) < 4.78 is 42.3. The molecule has 1 amide bonds. The van der Waals surface area contributed by atoms with Crippen LogP contribution < -0.4 is 5.32 Å². The van der Waals surface area contributed by atoms with Crippen molar-refractivity contribution >= 4 is 22.7 Å². The Bertz CT molecular complexity index is 647. The molecule has 1 heterocycles. The van der Waals surface area contributed by atoms with E-state index in [-0.39, 0.29) is 6.61 Å². The number of ether oxygens (including phenoxy) is 1. The standard InChI is InChI=1S/C13H11F3N2O2/c1-2-5-20-12(19)17-9-3-4-10-8(6-9)7-11(18-10)13(14,15)16/h2-4,6-7,18H,1,5H2,(H,17,19). The third kappa shape index (κ3) is 3.11. The smallest absolute Gasteiger partial charge is 0.431 e. The summed E-state index contributed by atoms with van der Waals surface area (Å²) in [5.74, 6) is 0. The summed E-state index contributed by atoms with van der Waals surface area (Å²) in [6.45, 7) is 3.44. The number of amides is 1. The third-order valence-corrected chi connectivity index (χ3v) is 2.50. The van der Waals surface area contributed by atoms with Gasteiger partial charge in [-0.05, 0) is 24.3 Å². The average Bonchev–Trinajstić information content (AvgIpc) is 2.79. The predicted octanol–water partition coefficient (Wildman–Crippen LogP) is 3.92. The van der Waals surface area contributed by atoms with Crippen molar-refractivity contribution < 1.29 is 22.7 Å². The van der Waals surface area contributed by atoms with E-state index in [4.69, 9.17) is 4.74 Å². The minimum absolute atomic E-state index is 0.0520. The van der Waals surface area contributed by atoms with Crippen molar-refractivity contribution in [2.24, 2.45) is 0 Å². The highest BCUT2D eigenvalue weighted by molar-refractivity contribution is 5.90. The number of alkyl halides is 3. The maximum Gasteiger partial charge on any atom is 0.431 e. The maximum atomic E-state index is 12.5. The first-order valence-electron chi connectivity index (χ1n) is 5.65. The van der Waals surface area contributed by atoms with E-state index in [9.17, 15) is 18.0 Å². The van der Waals surface area contributed by atoms with Gasteiger partial charge in [0.1, 0.15) is 12.3 Å². The van der Waals surface area contributed by atoms with Crippen LogP contribution in [0.5, 0.6) is 0 Å². The van der Waals surface area contributed by atoms with Gasteiger partial charge in [0.25, 0.3) is 0 Å². The van der Waals surface area contributed by atoms with Crippen LogP contribution in [0.4, 0.5) is 23.7 Å². The Morgan fingerprint density at radius 1 is 1.40 bits per heavy atom. The summed E-state index contributed by atoms with van der Waals surface area (Å²) in [7, 11) is 0. The van der Waals surface area contributed by atoms with E-state index < -0.39 is 18.0 Å². The van der Waals surface area contributed by atoms with Crippen LogP contribution >= 0.6 is 0 Å². The van der Waals surface area contributed by atoms with Gasteiger partial charge in [-0.15, -0.1) is 0 Å². The van der Waals surface area contributed by atoms with Gasteiger partial charge >= 0.3 is 12.3 Å². The molecule has 0 aliphatic rings. The van der Waals surface area contributed by atoms with Crippen molar-refractivity contribution in [2.45, 2.75) is 6.18 Å². The number of H-pyrrole nitrogens is 1. The monoisotopic (exact) mass is 284 g/mol. The fourth-order valence-corrected chi connectivity index (χ4v) is 1.65. The molecule has 1 aromatic heterocycles. The molecule has 0 aliphatic carbocycles. The first kappa shape index (κ1) is 14.0. The number of hydrogen-bond acceptors (Lipinski definition) is 2. The molecule has 4 nitrogen and oxygen atoms in total. The molecule has 20 heavy (non-hydrogen) atoms. The molecule has 0 fully saturated rings. The van der Waals surface area contributed by atoms with Gasteiger partial charge in [0.15, 0.2) is 0 Å². The summed E-state index contributed by atoms with van der Waals surface area (Å²) in [5, 5.41) is 2.76. The molecule has 2 N–H and O–H groups in total. The van der Waals surface area contributed by atoms with Crippen LogP contribution in [-0.4, -0.2) is 17.7 Å². The van der Waals surface area contributed by atoms with Crippen LogP contribution in [0.3, 0.4) is 0 Å². The quantitative estimate of drug-likeness (QED) is 0.839. The number of nitrogens with one attached hydrogen (secondary N) is 2. The van der Waals surface area contributed by atoms with Gasteiger partial charge in [-0.3, -0.25) is 5.32 Å². The lowest BCUT2D eigenvalue weighted by molar-refractivity contribution is -0.140. The maximum absolute atomic E-state index is 12.5. The lowest BCUT2D eigenvalue weighted by Gasteiger charge is -2.04. The molecule has 2 rings (SSSR count). The van der Waals surface area contributed by atoms with Gasteiger partial charge in [-0.2, -0.15) is 13.2 Å². The van der Waals surface area contributed by atoms with E-state index in [1.807, 2.05) is 0 Å². The van der Waals surface area contributed by atoms with Crippen LogP contribution in [0.25, 0.3) is 10.9 Å². The highest BCUT2D eigenvalue weighted by Crippen LogP contribution is 2.31. The number of benzene rings is 1. The number of rotatable bonds is 3. The Labute approximate surface area is 112 Å². The summed E-state index contributed by atoms with van der Waals surface area (Å²) in [6, 6.07) is 5.34. The zero-order chi connectivity index (χ0) is 14.8. The van der Waals surface area contributed by atoms with E-state index in [1.165, 1.54) is 24.3 Å². The molecule has 0 unspecified atom stereocenters. The molecular formula is C13H11F3N2O2. The molecule has 7 heteroatoms. The normalized spacial score (nSPS) is 11.3. The molecule has 0 atom stereocenters. The number of anilines is 1. The molecule has 0 bridgehead atoms. The van der Waals surface area contributed by atoms with Crippen LogP contribution in [-0.2, 0) is 10.9 Å². The largest absolute Gasteiger partial charge is 0.445 e. The van der Waals surface area contributed by atoms with Gasteiger partial charge in [-0.1, -0.05) is 12.7 Å². The fourth-order valence-electron chi connectivity index (χ4n) is 1.65. The summed E-state index contributed by atoms with van der Waals surface area (Å²) >= 11 is 0. The minimum atomic E-state index is -4.44. The molecule has 2 aromatic rings. The number of fused-ring (bicyclic) bond motifs is 1. The summed E-state index contributed by atoms with van der Waals surface area (Å²) in [6.07, 6.45) is -3.73. The Morgan fingerprint density at radius 3 is 2.80 bits per heavy atom. The van der Waals surface area contributed by atoms with Crippen molar-refractivity contribution in [3.05, 3.63) is 42.6 Å². The molecule has 1 aromatic carbocycles. The molecule has 106 valence electrons. The number of hydrogen-bond donors (Lipinski definition) is 2. The van der Waals surface area contributed by atoms with Crippen LogP contribution in [0, 0.1) is 0 Å². The van der Waals surface area contributed by atoms with Gasteiger partial charge in [-0.25, -0.2) is 4.79 Å². The lowest BCUT2D eigenvalue weighted by Crippen LogP contribution is -2.13. The third-order valence-electron chi connectivity index (χ3n) is 2.50. The van der Waals surface area contributed by atoms with Crippen LogP contribution in [0.1, 0.15) is 5.69 Å². The second-order valence-corrected chi connectivity index (χ2v) is 3.99.